The van der Waals surface area contributed by atoms with E-state index in [9.17, 15) is 14.0 Å². The van der Waals surface area contributed by atoms with Gasteiger partial charge < -0.3 is 15.0 Å². The highest BCUT2D eigenvalue weighted by Crippen LogP contribution is 2.36. The fraction of sp³-hybridized carbons (Fsp3) is 0.714. The summed E-state index contributed by atoms with van der Waals surface area (Å²) in [6.07, 6.45) is 5.96. The first-order valence-corrected chi connectivity index (χ1v) is 10.2. The van der Waals surface area contributed by atoms with E-state index in [2.05, 4.69) is 24.1 Å². The number of rotatable bonds is 5. The molecule has 0 radical (unpaired) electrons. The van der Waals surface area contributed by atoms with Crippen molar-refractivity contribution in [1.29, 1.82) is 0 Å². The molecule has 1 heterocycles. The Labute approximate surface area is 160 Å². The van der Waals surface area contributed by atoms with Crippen LogP contribution in [-0.4, -0.2) is 29.3 Å². The molecule has 6 heteroatoms. The molecule has 0 spiro atoms. The Kier molecular flexibility index (Phi) is 6.68. The summed E-state index contributed by atoms with van der Waals surface area (Å²) in [6, 6.07) is 2.95. The average Bonchev–Trinajstić information content (AvgIpc) is 2.63. The number of carbonyl (C=O) groups is 1. The van der Waals surface area contributed by atoms with Gasteiger partial charge in [-0.25, -0.2) is 4.39 Å². The summed E-state index contributed by atoms with van der Waals surface area (Å²) in [7, 11) is 0. The lowest BCUT2D eigenvalue weighted by molar-refractivity contribution is -0.135. The van der Waals surface area contributed by atoms with E-state index >= 15 is 0 Å². The van der Waals surface area contributed by atoms with Crippen LogP contribution in [-0.2, 0) is 9.53 Å². The largest absolute Gasteiger partial charge is 0.374 e. The van der Waals surface area contributed by atoms with Gasteiger partial charge in [0.2, 0.25) is 11.5 Å². The van der Waals surface area contributed by atoms with E-state index in [-0.39, 0.29) is 30.1 Å². The molecule has 5 nitrogen and oxygen atoms in total. The second-order valence-corrected chi connectivity index (χ2v) is 8.40. The van der Waals surface area contributed by atoms with Gasteiger partial charge in [0, 0.05) is 18.0 Å². The van der Waals surface area contributed by atoms with Crippen molar-refractivity contribution in [1.82, 2.24) is 4.98 Å². The monoisotopic (exact) mass is 378 g/mol. The van der Waals surface area contributed by atoms with Crippen LogP contribution in [0.1, 0.15) is 58.8 Å². The molecular formula is C21H31FN2O3. The van der Waals surface area contributed by atoms with Gasteiger partial charge in [-0.2, -0.15) is 0 Å². The molecule has 2 aliphatic rings. The lowest BCUT2D eigenvalue weighted by atomic mass is 9.80. The van der Waals surface area contributed by atoms with Gasteiger partial charge in [0.05, 0.1) is 18.1 Å². The fourth-order valence-electron chi connectivity index (χ4n) is 4.43. The van der Waals surface area contributed by atoms with Crippen molar-refractivity contribution in [2.24, 2.45) is 17.8 Å². The van der Waals surface area contributed by atoms with Crippen LogP contribution in [0.3, 0.4) is 0 Å². The first kappa shape index (κ1) is 20.1. The van der Waals surface area contributed by atoms with Gasteiger partial charge in [-0.3, -0.25) is 9.59 Å². The molecule has 1 aromatic heterocycles. The smallest absolute Gasteiger partial charge is 0.249 e. The Morgan fingerprint density at radius 3 is 2.63 bits per heavy atom. The van der Waals surface area contributed by atoms with Crippen molar-refractivity contribution >= 4 is 11.6 Å². The average molecular weight is 378 g/mol. The molecular weight excluding hydrogens is 347 g/mol. The first-order chi connectivity index (χ1) is 12.9. The molecule has 0 saturated heterocycles. The van der Waals surface area contributed by atoms with Crippen LogP contribution >= 0.6 is 0 Å². The van der Waals surface area contributed by atoms with E-state index in [4.69, 9.17) is 4.74 Å². The van der Waals surface area contributed by atoms with Crippen molar-refractivity contribution in [3.63, 3.8) is 0 Å². The van der Waals surface area contributed by atoms with Crippen LogP contribution in [0.15, 0.2) is 23.1 Å². The number of carbonyl (C=O) groups excluding carboxylic acids is 1. The number of aromatic amines is 1. The summed E-state index contributed by atoms with van der Waals surface area (Å²) >= 11 is 0. The van der Waals surface area contributed by atoms with Crippen LogP contribution in [0, 0.1) is 17.8 Å². The molecule has 1 amide bonds. The Bertz CT molecular complexity index is 682. The molecule has 1 aromatic rings. The predicted molar refractivity (Wildman–Crippen MR) is 103 cm³/mol. The molecule has 3 atom stereocenters. The van der Waals surface area contributed by atoms with Gasteiger partial charge in [0.15, 0.2) is 0 Å². The number of nitrogens with one attached hydrogen (secondary N) is 2. The van der Waals surface area contributed by atoms with Gasteiger partial charge in [0.1, 0.15) is 6.17 Å². The van der Waals surface area contributed by atoms with Gasteiger partial charge in [-0.1, -0.05) is 13.8 Å². The summed E-state index contributed by atoms with van der Waals surface area (Å²) in [5.74, 6) is 0.668. The molecule has 3 rings (SSSR count). The summed E-state index contributed by atoms with van der Waals surface area (Å²) in [5, 5.41) is 2.76. The van der Waals surface area contributed by atoms with Crippen molar-refractivity contribution in [3.05, 3.63) is 28.7 Å². The number of hydrogen-bond acceptors (Lipinski definition) is 3. The highest BCUT2D eigenvalue weighted by Gasteiger charge is 2.38. The topological polar surface area (TPSA) is 71.2 Å². The summed E-state index contributed by atoms with van der Waals surface area (Å²) < 4.78 is 20.3. The van der Waals surface area contributed by atoms with Crippen LogP contribution in [0.25, 0.3) is 0 Å². The summed E-state index contributed by atoms with van der Waals surface area (Å²) in [4.78, 5) is 26.7. The van der Waals surface area contributed by atoms with Crippen LogP contribution in [0.2, 0.25) is 0 Å². The van der Waals surface area contributed by atoms with Crippen LogP contribution in [0.4, 0.5) is 10.1 Å². The standard InChI is InChI=1S/C21H31FN2O3/c1-13(2)14-3-6-17(7-4-14)27-19-8-5-15(22)11-18(19)21(26)24-16-9-10-23-20(25)12-16/h9-10,12-15,17-19H,3-8,11H2,1-2H3,(H2,23,24,25,26). The van der Waals surface area contributed by atoms with E-state index in [1.54, 1.807) is 6.07 Å². The van der Waals surface area contributed by atoms with Gasteiger partial charge in [0.25, 0.3) is 0 Å². The Morgan fingerprint density at radius 2 is 1.96 bits per heavy atom. The minimum Gasteiger partial charge on any atom is -0.374 e. The molecule has 0 aliphatic heterocycles. The molecule has 0 bridgehead atoms. The third-order valence-electron chi connectivity index (χ3n) is 6.13. The second-order valence-electron chi connectivity index (χ2n) is 8.40. The van der Waals surface area contributed by atoms with E-state index < -0.39 is 12.1 Å². The Morgan fingerprint density at radius 1 is 1.22 bits per heavy atom. The highest BCUT2D eigenvalue weighted by molar-refractivity contribution is 5.92. The van der Waals surface area contributed by atoms with E-state index in [0.717, 1.165) is 31.6 Å². The molecule has 2 aliphatic carbocycles. The lowest BCUT2D eigenvalue weighted by Crippen LogP contribution is -2.42. The number of hydrogen-bond donors (Lipinski definition) is 2. The fourth-order valence-corrected chi connectivity index (χ4v) is 4.43. The zero-order valence-electron chi connectivity index (χ0n) is 16.2. The number of alkyl halides is 1. The molecule has 27 heavy (non-hydrogen) atoms. The van der Waals surface area contributed by atoms with E-state index in [0.29, 0.717) is 24.4 Å². The number of H-pyrrole nitrogens is 1. The SMILES string of the molecule is CC(C)C1CCC(OC2CCC(F)CC2C(=O)Nc2cc[nH]c(=O)c2)CC1. The van der Waals surface area contributed by atoms with Gasteiger partial charge in [-0.15, -0.1) is 0 Å². The minimum absolute atomic E-state index is 0.163. The Hall–Kier alpha value is -1.69. The van der Waals surface area contributed by atoms with E-state index in [1.165, 1.54) is 12.3 Å². The number of ether oxygens (including phenoxy) is 1. The van der Waals surface area contributed by atoms with Crippen molar-refractivity contribution < 1.29 is 13.9 Å². The predicted octanol–water partition coefficient (Wildman–Crippen LogP) is 4.05. The summed E-state index contributed by atoms with van der Waals surface area (Å²) in [5.41, 5.74) is 0.149. The zero-order valence-corrected chi connectivity index (χ0v) is 16.2. The molecule has 0 aromatic carbocycles. The maximum Gasteiger partial charge on any atom is 0.249 e. The minimum atomic E-state index is -0.976. The highest BCUT2D eigenvalue weighted by atomic mass is 19.1. The molecule has 150 valence electrons. The van der Waals surface area contributed by atoms with Gasteiger partial charge >= 0.3 is 0 Å². The first-order valence-electron chi connectivity index (χ1n) is 10.2. The van der Waals surface area contributed by atoms with Gasteiger partial charge in [-0.05, 0) is 62.8 Å². The third-order valence-corrected chi connectivity index (χ3v) is 6.13. The maximum atomic E-state index is 14.0. The van der Waals surface area contributed by atoms with Crippen LogP contribution < -0.4 is 10.9 Å². The van der Waals surface area contributed by atoms with Crippen molar-refractivity contribution in [2.75, 3.05) is 5.32 Å². The number of anilines is 1. The summed E-state index contributed by atoms with van der Waals surface area (Å²) in [6.45, 7) is 4.53. The lowest BCUT2D eigenvalue weighted by Gasteiger charge is -2.37. The normalized spacial score (nSPS) is 31.6. The van der Waals surface area contributed by atoms with Crippen LogP contribution in [0.5, 0.6) is 0 Å². The zero-order chi connectivity index (χ0) is 19.4. The maximum absolute atomic E-state index is 14.0. The number of amides is 1. The second kappa shape index (κ2) is 9.00. The van der Waals surface area contributed by atoms with E-state index in [1.807, 2.05) is 0 Å². The van der Waals surface area contributed by atoms with Crippen molar-refractivity contribution in [3.8, 4) is 0 Å². The van der Waals surface area contributed by atoms with Crippen molar-refractivity contribution in [2.45, 2.75) is 77.2 Å². The number of aromatic nitrogens is 1. The number of halogens is 1. The quantitative estimate of drug-likeness (QED) is 0.812. The molecule has 3 unspecified atom stereocenters. The molecule has 2 fully saturated rings. The number of pyridine rings is 1. The Balaban J connectivity index is 1.61. The third kappa shape index (κ3) is 5.41. The molecule has 2 saturated carbocycles. The molecule has 2 N–H and O–H groups in total.